The molecule has 0 N–H and O–H groups in total. The van der Waals surface area contributed by atoms with Gasteiger partial charge in [0.05, 0.1) is 7.32 Å². The second-order valence-electron chi connectivity index (χ2n) is 3.26. The van der Waals surface area contributed by atoms with Crippen molar-refractivity contribution in [1.29, 1.82) is 0 Å². The smallest absolute Gasteiger partial charge is 0.460 e. The molecular weight excluding hydrogens is 302 g/mol. The Morgan fingerprint density at radius 3 is 1.53 bits per heavy atom. The van der Waals surface area contributed by atoms with Gasteiger partial charge in [0.1, 0.15) is 0 Å². The number of halogens is 9. The molecule has 0 aliphatic rings. The SMILES string of the molecule is [O-]B([O-])OCCC(F)(F)C(F)(F)C(F)(F)C(F)(F)F. The van der Waals surface area contributed by atoms with Gasteiger partial charge in [-0.3, -0.25) is 0 Å². The molecule has 0 amide bonds. The lowest BCUT2D eigenvalue weighted by Gasteiger charge is -2.34. The lowest BCUT2D eigenvalue weighted by atomic mass is 10.0. The normalized spacial score (nSPS) is 14.7. The van der Waals surface area contributed by atoms with Crippen LogP contribution in [0, 0.1) is 0 Å². The minimum atomic E-state index is -6.99. The molecule has 0 spiro atoms. The minimum Gasteiger partial charge on any atom is -0.871 e. The van der Waals surface area contributed by atoms with Gasteiger partial charge in [0, 0.05) is 13.0 Å². The van der Waals surface area contributed by atoms with Crippen molar-refractivity contribution >= 4 is 7.32 Å². The van der Waals surface area contributed by atoms with Crippen molar-refractivity contribution in [2.45, 2.75) is 30.4 Å². The third-order valence-electron chi connectivity index (χ3n) is 1.88. The first-order valence-corrected chi connectivity index (χ1v) is 4.30. The molecule has 114 valence electrons. The first-order chi connectivity index (χ1) is 8.17. The standard InChI is InChI=1S/C6H4BF9O3/c8-3(9,1-2-19-7(17)18)4(10,11)5(12,13)6(14,15)16/h1-2H2/q-2. The highest BCUT2D eigenvalue weighted by atomic mass is 19.4. The lowest BCUT2D eigenvalue weighted by Crippen LogP contribution is -2.61. The number of hydrogen-bond acceptors (Lipinski definition) is 3. The molecule has 0 saturated carbocycles. The maximum absolute atomic E-state index is 12.7. The van der Waals surface area contributed by atoms with E-state index >= 15 is 0 Å². The van der Waals surface area contributed by atoms with Gasteiger partial charge in [-0.1, -0.05) is 0 Å². The molecule has 0 atom stereocenters. The summed E-state index contributed by atoms with van der Waals surface area (Å²) in [4.78, 5) is 0. The minimum absolute atomic E-state index is 1.70. The van der Waals surface area contributed by atoms with Gasteiger partial charge in [0.15, 0.2) is 0 Å². The summed E-state index contributed by atoms with van der Waals surface area (Å²) in [5.74, 6) is -19.6. The second-order valence-corrected chi connectivity index (χ2v) is 3.26. The highest BCUT2D eigenvalue weighted by Gasteiger charge is 2.81. The van der Waals surface area contributed by atoms with Gasteiger partial charge >= 0.3 is 23.9 Å². The van der Waals surface area contributed by atoms with Crippen molar-refractivity contribution in [3.8, 4) is 0 Å². The fraction of sp³-hybridized carbons (Fsp3) is 1.00. The van der Waals surface area contributed by atoms with Crippen LogP contribution < -0.4 is 10.0 Å². The summed E-state index contributed by atoms with van der Waals surface area (Å²) in [5, 5.41) is 19.4. The molecule has 0 radical (unpaired) electrons. The molecule has 0 bridgehead atoms. The summed E-state index contributed by atoms with van der Waals surface area (Å²) in [6, 6.07) is 0. The van der Waals surface area contributed by atoms with E-state index in [-0.39, 0.29) is 0 Å². The maximum atomic E-state index is 12.7. The van der Waals surface area contributed by atoms with Crippen LogP contribution in [-0.2, 0) is 4.65 Å². The van der Waals surface area contributed by atoms with Crippen LogP contribution in [0.15, 0.2) is 0 Å². The average molecular weight is 306 g/mol. The lowest BCUT2D eigenvalue weighted by molar-refractivity contribution is -0.400. The van der Waals surface area contributed by atoms with Crippen LogP contribution in [0.1, 0.15) is 6.42 Å². The van der Waals surface area contributed by atoms with E-state index in [4.69, 9.17) is 0 Å². The summed E-state index contributed by atoms with van der Waals surface area (Å²) in [6.07, 6.45) is -9.26. The third kappa shape index (κ3) is 3.66. The fourth-order valence-corrected chi connectivity index (χ4v) is 0.848. The van der Waals surface area contributed by atoms with Gasteiger partial charge in [0.2, 0.25) is 0 Å². The van der Waals surface area contributed by atoms with E-state index < -0.39 is 44.3 Å². The van der Waals surface area contributed by atoms with Crippen LogP contribution in [0.25, 0.3) is 0 Å². The summed E-state index contributed by atoms with van der Waals surface area (Å²) in [5.41, 5.74) is 0. The molecule has 3 nitrogen and oxygen atoms in total. The van der Waals surface area contributed by atoms with Crippen LogP contribution in [0.2, 0.25) is 0 Å². The number of hydrogen-bond donors (Lipinski definition) is 0. The fourth-order valence-electron chi connectivity index (χ4n) is 0.848. The number of rotatable bonds is 6. The van der Waals surface area contributed by atoms with Crippen molar-refractivity contribution < 1.29 is 54.2 Å². The van der Waals surface area contributed by atoms with Crippen molar-refractivity contribution in [2.24, 2.45) is 0 Å². The molecule has 0 rings (SSSR count). The molecule has 0 aromatic heterocycles. The first kappa shape index (κ1) is 18.3. The highest BCUT2D eigenvalue weighted by molar-refractivity contribution is 6.28. The van der Waals surface area contributed by atoms with Crippen molar-refractivity contribution in [2.75, 3.05) is 6.61 Å². The Labute approximate surface area is 99.7 Å². The Balaban J connectivity index is 5.06. The molecular formula is C6H4BF9O3-2. The third-order valence-corrected chi connectivity index (χ3v) is 1.88. The molecule has 0 unspecified atom stereocenters. The van der Waals surface area contributed by atoms with Crippen LogP contribution in [0.4, 0.5) is 39.5 Å². The molecule has 0 saturated heterocycles. The Morgan fingerprint density at radius 2 is 1.21 bits per heavy atom. The Hall–Kier alpha value is -0.685. The largest absolute Gasteiger partial charge is 0.871 e. The highest BCUT2D eigenvalue weighted by Crippen LogP contribution is 2.53. The van der Waals surface area contributed by atoms with Gasteiger partial charge in [-0.2, -0.15) is 39.5 Å². The molecule has 0 aromatic rings. The van der Waals surface area contributed by atoms with Crippen LogP contribution in [0.3, 0.4) is 0 Å². The van der Waals surface area contributed by atoms with E-state index in [1.807, 2.05) is 0 Å². The molecule has 0 aromatic carbocycles. The molecule has 13 heteroatoms. The van der Waals surface area contributed by atoms with E-state index in [0.717, 1.165) is 0 Å². The van der Waals surface area contributed by atoms with E-state index in [1.54, 1.807) is 0 Å². The van der Waals surface area contributed by atoms with Crippen LogP contribution in [-0.4, -0.2) is 37.9 Å². The first-order valence-electron chi connectivity index (χ1n) is 4.30. The summed E-state index contributed by atoms with van der Waals surface area (Å²) in [6.45, 7) is -1.70. The number of alkyl halides is 9. The van der Waals surface area contributed by atoms with Gasteiger partial charge in [-0.15, -0.1) is 0 Å². The summed E-state index contributed by atoms with van der Waals surface area (Å²) >= 11 is 0. The van der Waals surface area contributed by atoms with Crippen LogP contribution in [0.5, 0.6) is 0 Å². The van der Waals surface area contributed by atoms with Crippen molar-refractivity contribution in [3.63, 3.8) is 0 Å². The molecule has 0 fully saturated rings. The van der Waals surface area contributed by atoms with Gasteiger partial charge in [0.25, 0.3) is 0 Å². The van der Waals surface area contributed by atoms with Gasteiger partial charge in [-0.25, -0.2) is 0 Å². The quantitative estimate of drug-likeness (QED) is 0.532. The molecule has 0 heterocycles. The molecule has 0 aliphatic heterocycles. The van der Waals surface area contributed by atoms with E-state index in [9.17, 15) is 49.6 Å². The zero-order valence-corrected chi connectivity index (χ0v) is 8.62. The summed E-state index contributed by atoms with van der Waals surface area (Å²) in [7, 11) is -3.16. The van der Waals surface area contributed by atoms with E-state index in [1.165, 1.54) is 0 Å². The molecule has 0 aliphatic carbocycles. The Bertz CT molecular complexity index is 303. The zero-order valence-electron chi connectivity index (χ0n) is 8.62. The zero-order chi connectivity index (χ0) is 15.7. The van der Waals surface area contributed by atoms with Gasteiger partial charge < -0.3 is 14.7 Å². The van der Waals surface area contributed by atoms with Gasteiger partial charge in [-0.05, 0) is 0 Å². The van der Waals surface area contributed by atoms with Crippen LogP contribution >= 0.6 is 0 Å². The monoisotopic (exact) mass is 306 g/mol. The van der Waals surface area contributed by atoms with Crippen molar-refractivity contribution in [1.82, 2.24) is 0 Å². The topological polar surface area (TPSA) is 55.3 Å². The van der Waals surface area contributed by atoms with E-state index in [0.29, 0.717) is 0 Å². The average Bonchev–Trinajstić information content (AvgIpc) is 2.14. The van der Waals surface area contributed by atoms with E-state index in [2.05, 4.69) is 4.65 Å². The van der Waals surface area contributed by atoms with Crippen molar-refractivity contribution in [3.05, 3.63) is 0 Å². The predicted octanol–water partition coefficient (Wildman–Crippen LogP) is 0.567. The predicted molar refractivity (Wildman–Crippen MR) is 37.2 cm³/mol. The maximum Gasteiger partial charge on any atom is 0.460 e. The second kappa shape index (κ2) is 5.36. The Kier molecular flexibility index (Phi) is 5.17. The Morgan fingerprint density at radius 1 is 0.789 bits per heavy atom. The molecule has 19 heavy (non-hydrogen) atoms. The summed E-state index contributed by atoms with van der Waals surface area (Å²) < 4.78 is 113.